The molecule has 3 rings (SSSR count). The van der Waals surface area contributed by atoms with Crippen LogP contribution in [0, 0.1) is 0 Å². The van der Waals surface area contributed by atoms with Crippen LogP contribution in [-0.4, -0.2) is 10.5 Å². The summed E-state index contributed by atoms with van der Waals surface area (Å²) in [5.74, 6) is 4.25. The fourth-order valence-corrected chi connectivity index (χ4v) is 3.24. The van der Waals surface area contributed by atoms with E-state index in [1.807, 2.05) is 5.43 Å². The Bertz CT molecular complexity index is 1140. The van der Waals surface area contributed by atoms with Gasteiger partial charge in [0.15, 0.2) is 0 Å². The second kappa shape index (κ2) is 7.46. The highest BCUT2D eigenvalue weighted by molar-refractivity contribution is 6.35. The quantitative estimate of drug-likeness (QED) is 0.375. The molecule has 5 nitrogen and oxygen atoms in total. The van der Waals surface area contributed by atoms with Crippen LogP contribution in [-0.2, 0) is 12.7 Å². The van der Waals surface area contributed by atoms with E-state index >= 15 is 0 Å². The zero-order chi connectivity index (χ0) is 20.6. The lowest BCUT2D eigenvalue weighted by Gasteiger charge is -2.16. The van der Waals surface area contributed by atoms with Gasteiger partial charge >= 0.3 is 6.18 Å². The maximum Gasteiger partial charge on any atom is 0.416 e. The number of halogens is 5. The highest BCUT2D eigenvalue weighted by Crippen LogP contribution is 2.31. The van der Waals surface area contributed by atoms with Crippen LogP contribution < -0.4 is 16.7 Å². The zero-order valence-corrected chi connectivity index (χ0v) is 15.5. The van der Waals surface area contributed by atoms with E-state index in [0.29, 0.717) is 10.6 Å². The lowest BCUT2D eigenvalue weighted by molar-refractivity contribution is -0.137. The first-order valence-electron chi connectivity index (χ1n) is 7.81. The molecule has 0 radical (unpaired) electrons. The van der Waals surface area contributed by atoms with Crippen LogP contribution >= 0.6 is 23.2 Å². The average molecular weight is 430 g/mol. The summed E-state index contributed by atoms with van der Waals surface area (Å²) in [6.45, 7) is -0.00105. The molecule has 3 N–H and O–H groups in total. The standard InChI is InChI=1S/C18H12Cl2F3N3O2/c19-11-3-1-9(14(20)6-11)7-26-8-13(17(28)25-24)16(27)12-4-2-10(5-15(12)26)18(21,22)23/h1-6,8H,7,24H2,(H,25,28). The fraction of sp³-hybridized carbons (Fsp3) is 0.111. The number of alkyl halides is 3. The Morgan fingerprint density at radius 1 is 1.14 bits per heavy atom. The number of hydrogen-bond donors (Lipinski definition) is 2. The van der Waals surface area contributed by atoms with Crippen molar-refractivity contribution in [1.29, 1.82) is 0 Å². The van der Waals surface area contributed by atoms with E-state index in [1.165, 1.54) is 10.6 Å². The van der Waals surface area contributed by atoms with Gasteiger partial charge in [0, 0.05) is 28.2 Å². The Morgan fingerprint density at radius 3 is 2.46 bits per heavy atom. The minimum Gasteiger partial charge on any atom is -0.342 e. The number of pyridine rings is 1. The molecule has 0 unspecified atom stereocenters. The van der Waals surface area contributed by atoms with Gasteiger partial charge in [-0.3, -0.25) is 15.0 Å². The number of fused-ring (bicyclic) bond motifs is 1. The molecule has 0 fully saturated rings. The van der Waals surface area contributed by atoms with Crippen molar-refractivity contribution in [3.05, 3.63) is 79.6 Å². The molecular formula is C18H12Cl2F3N3O2. The maximum atomic E-state index is 13.1. The van der Waals surface area contributed by atoms with Gasteiger partial charge in [-0.15, -0.1) is 0 Å². The van der Waals surface area contributed by atoms with Crippen molar-refractivity contribution in [1.82, 2.24) is 9.99 Å². The van der Waals surface area contributed by atoms with Crippen LogP contribution in [0.4, 0.5) is 13.2 Å². The third kappa shape index (κ3) is 3.84. The minimum absolute atomic E-state index is 0.000543. The summed E-state index contributed by atoms with van der Waals surface area (Å²) in [6, 6.07) is 7.33. The molecule has 146 valence electrons. The lowest BCUT2D eigenvalue weighted by atomic mass is 10.1. The van der Waals surface area contributed by atoms with Gasteiger partial charge in [0.1, 0.15) is 5.56 Å². The molecular weight excluding hydrogens is 418 g/mol. The summed E-state index contributed by atoms with van der Waals surface area (Å²) in [6.07, 6.45) is -3.45. The van der Waals surface area contributed by atoms with Crippen molar-refractivity contribution < 1.29 is 18.0 Å². The van der Waals surface area contributed by atoms with Gasteiger partial charge in [0.05, 0.1) is 11.1 Å². The second-order valence-electron chi connectivity index (χ2n) is 5.94. The normalized spacial score (nSPS) is 11.6. The number of carbonyl (C=O) groups excluding carboxylic acids is 1. The Labute approximate surface area is 166 Å². The number of nitrogen functional groups attached to an aromatic ring is 1. The van der Waals surface area contributed by atoms with Crippen LogP contribution in [0.25, 0.3) is 10.9 Å². The molecule has 0 atom stereocenters. The van der Waals surface area contributed by atoms with E-state index in [2.05, 4.69) is 0 Å². The van der Waals surface area contributed by atoms with Crippen molar-refractivity contribution in [3.63, 3.8) is 0 Å². The van der Waals surface area contributed by atoms with Crippen molar-refractivity contribution in [2.45, 2.75) is 12.7 Å². The predicted molar refractivity (Wildman–Crippen MR) is 100 cm³/mol. The van der Waals surface area contributed by atoms with E-state index in [4.69, 9.17) is 29.0 Å². The molecule has 0 spiro atoms. The molecule has 1 heterocycles. The number of hydrazine groups is 1. The monoisotopic (exact) mass is 429 g/mol. The number of aromatic nitrogens is 1. The molecule has 0 saturated heterocycles. The van der Waals surface area contributed by atoms with Crippen molar-refractivity contribution in [3.8, 4) is 0 Å². The number of hydrogen-bond acceptors (Lipinski definition) is 3. The fourth-order valence-electron chi connectivity index (χ4n) is 2.77. The van der Waals surface area contributed by atoms with Gasteiger partial charge in [-0.05, 0) is 35.9 Å². The molecule has 1 aromatic heterocycles. The number of nitrogens with zero attached hydrogens (tertiary/aromatic N) is 1. The first-order valence-corrected chi connectivity index (χ1v) is 8.56. The number of benzene rings is 2. The Hall–Kier alpha value is -2.55. The van der Waals surface area contributed by atoms with Crippen molar-refractivity contribution in [2.24, 2.45) is 5.84 Å². The van der Waals surface area contributed by atoms with E-state index in [1.54, 1.807) is 12.1 Å². The van der Waals surface area contributed by atoms with Crippen LogP contribution in [0.3, 0.4) is 0 Å². The number of amides is 1. The van der Waals surface area contributed by atoms with Crippen LogP contribution in [0.5, 0.6) is 0 Å². The predicted octanol–water partition coefficient (Wildman–Crippen LogP) is 3.98. The average Bonchev–Trinajstić information content (AvgIpc) is 2.64. The first kappa shape index (κ1) is 20.2. The summed E-state index contributed by atoms with van der Waals surface area (Å²) in [4.78, 5) is 24.5. The second-order valence-corrected chi connectivity index (χ2v) is 6.78. The van der Waals surface area contributed by atoms with Gasteiger partial charge in [0.25, 0.3) is 5.91 Å². The summed E-state index contributed by atoms with van der Waals surface area (Å²) in [7, 11) is 0. The van der Waals surface area contributed by atoms with Crippen LogP contribution in [0.2, 0.25) is 10.0 Å². The van der Waals surface area contributed by atoms with Crippen molar-refractivity contribution >= 4 is 40.0 Å². The summed E-state index contributed by atoms with van der Waals surface area (Å²) < 4.78 is 40.8. The van der Waals surface area contributed by atoms with Crippen LogP contribution in [0.15, 0.2) is 47.4 Å². The number of carbonyl (C=O) groups is 1. The van der Waals surface area contributed by atoms with E-state index < -0.39 is 23.1 Å². The topological polar surface area (TPSA) is 77.1 Å². The first-order chi connectivity index (χ1) is 13.1. The highest BCUT2D eigenvalue weighted by Gasteiger charge is 2.31. The largest absolute Gasteiger partial charge is 0.416 e. The maximum absolute atomic E-state index is 13.1. The highest BCUT2D eigenvalue weighted by atomic mass is 35.5. The Morgan fingerprint density at radius 2 is 1.86 bits per heavy atom. The van der Waals surface area contributed by atoms with Gasteiger partial charge in [-0.1, -0.05) is 29.3 Å². The SMILES string of the molecule is NNC(=O)c1cn(Cc2ccc(Cl)cc2Cl)c2cc(C(F)(F)F)ccc2c1=O. The summed E-state index contributed by atoms with van der Waals surface area (Å²) >= 11 is 12.0. The molecule has 0 aliphatic heterocycles. The molecule has 1 amide bonds. The van der Waals surface area contributed by atoms with E-state index in [-0.39, 0.29) is 28.0 Å². The van der Waals surface area contributed by atoms with Gasteiger partial charge < -0.3 is 4.57 Å². The number of nitrogens with one attached hydrogen (secondary N) is 1. The molecule has 0 saturated carbocycles. The zero-order valence-electron chi connectivity index (χ0n) is 14.0. The van der Waals surface area contributed by atoms with Crippen molar-refractivity contribution in [2.75, 3.05) is 0 Å². The third-order valence-corrected chi connectivity index (χ3v) is 4.73. The molecule has 0 aliphatic rings. The summed E-state index contributed by atoms with van der Waals surface area (Å²) in [5.41, 5.74) is 0.429. The number of nitrogens with two attached hydrogens (primary N) is 1. The smallest absolute Gasteiger partial charge is 0.342 e. The Balaban J connectivity index is 2.29. The summed E-state index contributed by atoms with van der Waals surface area (Å²) in [5, 5.41) is 0.622. The minimum atomic E-state index is -4.60. The third-order valence-electron chi connectivity index (χ3n) is 4.14. The molecule has 3 aromatic rings. The van der Waals surface area contributed by atoms with Gasteiger partial charge in [-0.25, -0.2) is 5.84 Å². The number of rotatable bonds is 3. The molecule has 0 bridgehead atoms. The van der Waals surface area contributed by atoms with E-state index in [9.17, 15) is 22.8 Å². The van der Waals surface area contributed by atoms with E-state index in [0.717, 1.165) is 24.4 Å². The lowest BCUT2D eigenvalue weighted by Crippen LogP contribution is -2.34. The molecule has 0 aliphatic carbocycles. The Kier molecular flexibility index (Phi) is 5.38. The molecule has 2 aromatic carbocycles. The van der Waals surface area contributed by atoms with Gasteiger partial charge in [0.2, 0.25) is 5.43 Å². The van der Waals surface area contributed by atoms with Crippen LogP contribution in [0.1, 0.15) is 21.5 Å². The molecule has 10 heteroatoms. The molecule has 28 heavy (non-hydrogen) atoms. The van der Waals surface area contributed by atoms with Gasteiger partial charge in [-0.2, -0.15) is 13.2 Å².